The van der Waals surface area contributed by atoms with Gasteiger partial charge in [-0.05, 0) is 12.7 Å². The van der Waals surface area contributed by atoms with Crippen LogP contribution in [-0.4, -0.2) is 34.0 Å². The van der Waals surface area contributed by atoms with E-state index in [-0.39, 0.29) is 12.6 Å². The average molecular weight is 243 g/mol. The van der Waals surface area contributed by atoms with Gasteiger partial charge in [0.05, 0.1) is 12.6 Å². The van der Waals surface area contributed by atoms with Gasteiger partial charge in [0.15, 0.2) is 5.16 Å². The Morgan fingerprint density at radius 1 is 1.50 bits per heavy atom. The molecule has 0 aliphatic heterocycles. The minimum atomic E-state index is -0.00442. The molecule has 0 aromatic carbocycles. The lowest BCUT2D eigenvalue weighted by Gasteiger charge is -2.15. The Morgan fingerprint density at radius 3 is 2.69 bits per heavy atom. The lowest BCUT2D eigenvalue weighted by atomic mass is 10.2. The standard InChI is InChI=1S/C9H17N5OS/c1-3-6(5-15)11-7-4-8(14-10)13-9(12-7)16-2/h4,6,15H,3,5,10H2,1-2H3,(H2,11,12,13,14). The summed E-state index contributed by atoms with van der Waals surface area (Å²) in [5.41, 5.74) is 2.48. The Morgan fingerprint density at radius 2 is 2.19 bits per heavy atom. The van der Waals surface area contributed by atoms with Gasteiger partial charge in [0.25, 0.3) is 0 Å². The summed E-state index contributed by atoms with van der Waals surface area (Å²) in [7, 11) is 0. The summed E-state index contributed by atoms with van der Waals surface area (Å²) < 4.78 is 0. The molecule has 1 heterocycles. The van der Waals surface area contributed by atoms with E-state index in [1.54, 1.807) is 6.07 Å². The number of hydrogen-bond donors (Lipinski definition) is 4. The van der Waals surface area contributed by atoms with Crippen LogP contribution in [0.1, 0.15) is 13.3 Å². The van der Waals surface area contributed by atoms with Crippen molar-refractivity contribution >= 4 is 23.4 Å². The monoisotopic (exact) mass is 243 g/mol. The van der Waals surface area contributed by atoms with Crippen molar-refractivity contribution in [3.63, 3.8) is 0 Å². The maximum atomic E-state index is 9.09. The van der Waals surface area contributed by atoms with E-state index in [1.807, 2.05) is 13.2 Å². The van der Waals surface area contributed by atoms with Crippen LogP contribution in [0.15, 0.2) is 11.2 Å². The first-order valence-corrected chi connectivity index (χ1v) is 6.23. The van der Waals surface area contributed by atoms with E-state index in [0.717, 1.165) is 6.42 Å². The summed E-state index contributed by atoms with van der Waals surface area (Å²) in [6, 6.07) is 1.70. The van der Waals surface area contributed by atoms with Crippen molar-refractivity contribution < 1.29 is 5.11 Å². The van der Waals surface area contributed by atoms with Crippen LogP contribution in [0.4, 0.5) is 11.6 Å². The molecule has 1 aromatic heterocycles. The van der Waals surface area contributed by atoms with Gasteiger partial charge in [-0.25, -0.2) is 15.8 Å². The van der Waals surface area contributed by atoms with E-state index in [4.69, 9.17) is 10.9 Å². The molecule has 0 aliphatic carbocycles. The number of nitrogens with zero attached hydrogens (tertiary/aromatic N) is 2. The van der Waals surface area contributed by atoms with Crippen LogP contribution in [0.5, 0.6) is 0 Å². The second-order valence-electron chi connectivity index (χ2n) is 3.20. The Bertz CT molecular complexity index is 309. The summed E-state index contributed by atoms with van der Waals surface area (Å²) in [6.45, 7) is 2.06. The fraction of sp³-hybridized carbons (Fsp3) is 0.556. The topological polar surface area (TPSA) is 96.1 Å². The third kappa shape index (κ3) is 3.51. The maximum Gasteiger partial charge on any atom is 0.191 e. The first-order valence-electron chi connectivity index (χ1n) is 5.00. The SMILES string of the molecule is CCC(CO)Nc1cc(NN)nc(SC)n1. The first-order chi connectivity index (χ1) is 7.73. The summed E-state index contributed by atoms with van der Waals surface area (Å²) in [5, 5.41) is 12.8. The Balaban J connectivity index is 2.85. The minimum Gasteiger partial charge on any atom is -0.394 e. The predicted molar refractivity (Wildman–Crippen MR) is 66.4 cm³/mol. The molecular weight excluding hydrogens is 226 g/mol. The second-order valence-corrected chi connectivity index (χ2v) is 3.97. The molecule has 0 spiro atoms. The number of rotatable bonds is 6. The minimum absolute atomic E-state index is 0.00442. The molecular formula is C9H17N5OS. The van der Waals surface area contributed by atoms with Gasteiger partial charge in [-0.2, -0.15) is 0 Å². The Hall–Kier alpha value is -1.05. The predicted octanol–water partition coefficient (Wildman–Crippen LogP) is 0.667. The number of anilines is 2. The molecule has 1 aromatic rings. The molecule has 0 amide bonds. The molecule has 0 bridgehead atoms. The van der Waals surface area contributed by atoms with Crippen LogP contribution in [-0.2, 0) is 0 Å². The molecule has 0 saturated heterocycles. The molecule has 7 heteroatoms. The highest BCUT2D eigenvalue weighted by atomic mass is 32.2. The quantitative estimate of drug-likeness (QED) is 0.252. The zero-order valence-corrected chi connectivity index (χ0v) is 10.2. The average Bonchev–Trinajstić information content (AvgIpc) is 2.35. The molecule has 0 saturated carbocycles. The molecule has 90 valence electrons. The van der Waals surface area contributed by atoms with Gasteiger partial charge in [-0.1, -0.05) is 18.7 Å². The van der Waals surface area contributed by atoms with Crippen molar-refractivity contribution in [1.29, 1.82) is 0 Å². The fourth-order valence-corrected chi connectivity index (χ4v) is 1.53. The Kier molecular flexibility index (Phi) is 5.30. The number of nitrogens with one attached hydrogen (secondary N) is 2. The summed E-state index contributed by atoms with van der Waals surface area (Å²) in [5.74, 6) is 6.52. The van der Waals surface area contributed by atoms with Crippen molar-refractivity contribution in [3.8, 4) is 0 Å². The van der Waals surface area contributed by atoms with Gasteiger partial charge in [0, 0.05) is 6.07 Å². The van der Waals surface area contributed by atoms with Gasteiger partial charge >= 0.3 is 0 Å². The smallest absolute Gasteiger partial charge is 0.191 e. The molecule has 0 aliphatic rings. The molecule has 1 rings (SSSR count). The van der Waals surface area contributed by atoms with Crippen LogP contribution in [0.25, 0.3) is 0 Å². The highest BCUT2D eigenvalue weighted by Crippen LogP contribution is 2.17. The summed E-state index contributed by atoms with van der Waals surface area (Å²) >= 11 is 1.43. The van der Waals surface area contributed by atoms with E-state index < -0.39 is 0 Å². The van der Waals surface area contributed by atoms with Crippen LogP contribution in [0.3, 0.4) is 0 Å². The number of hydrogen-bond acceptors (Lipinski definition) is 7. The van der Waals surface area contributed by atoms with E-state index in [1.165, 1.54) is 11.8 Å². The third-order valence-electron chi connectivity index (χ3n) is 2.10. The van der Waals surface area contributed by atoms with Gasteiger partial charge in [-0.15, -0.1) is 0 Å². The van der Waals surface area contributed by atoms with Crippen LogP contribution in [0.2, 0.25) is 0 Å². The zero-order chi connectivity index (χ0) is 12.0. The number of thioether (sulfide) groups is 1. The number of aliphatic hydroxyl groups excluding tert-OH is 1. The molecule has 0 fully saturated rings. The van der Waals surface area contributed by atoms with Gasteiger partial charge in [0.2, 0.25) is 0 Å². The molecule has 5 N–H and O–H groups in total. The molecule has 16 heavy (non-hydrogen) atoms. The number of nitrogens with two attached hydrogens (primary N) is 1. The van der Waals surface area contributed by atoms with Gasteiger partial charge in [-0.3, -0.25) is 0 Å². The van der Waals surface area contributed by atoms with Crippen molar-refractivity contribution in [1.82, 2.24) is 9.97 Å². The normalized spacial score (nSPS) is 12.2. The first kappa shape index (κ1) is 13.0. The maximum absolute atomic E-state index is 9.09. The Labute approximate surface area is 99.0 Å². The number of hydrazine groups is 1. The zero-order valence-electron chi connectivity index (χ0n) is 9.40. The van der Waals surface area contributed by atoms with E-state index in [2.05, 4.69) is 20.7 Å². The highest BCUT2D eigenvalue weighted by molar-refractivity contribution is 7.98. The fourth-order valence-electron chi connectivity index (χ4n) is 1.15. The van der Waals surface area contributed by atoms with Crippen molar-refractivity contribution in [2.24, 2.45) is 5.84 Å². The molecule has 6 nitrogen and oxygen atoms in total. The summed E-state index contributed by atoms with van der Waals surface area (Å²) in [6.07, 6.45) is 2.71. The number of aromatic nitrogens is 2. The largest absolute Gasteiger partial charge is 0.394 e. The van der Waals surface area contributed by atoms with Gasteiger partial charge in [0.1, 0.15) is 11.6 Å². The van der Waals surface area contributed by atoms with Crippen LogP contribution < -0.4 is 16.6 Å². The molecule has 1 atom stereocenters. The lowest BCUT2D eigenvalue weighted by Crippen LogP contribution is -2.23. The van der Waals surface area contributed by atoms with Gasteiger partial charge < -0.3 is 15.8 Å². The van der Waals surface area contributed by atoms with Crippen LogP contribution in [0, 0.1) is 0 Å². The lowest BCUT2D eigenvalue weighted by molar-refractivity contribution is 0.271. The number of aliphatic hydroxyl groups is 1. The second kappa shape index (κ2) is 6.51. The van der Waals surface area contributed by atoms with Crippen LogP contribution >= 0.6 is 11.8 Å². The molecule has 1 unspecified atom stereocenters. The van der Waals surface area contributed by atoms with E-state index in [9.17, 15) is 0 Å². The third-order valence-corrected chi connectivity index (χ3v) is 2.65. The molecule has 0 radical (unpaired) electrons. The summed E-state index contributed by atoms with van der Waals surface area (Å²) in [4.78, 5) is 8.41. The highest BCUT2D eigenvalue weighted by Gasteiger charge is 2.08. The van der Waals surface area contributed by atoms with E-state index in [0.29, 0.717) is 16.8 Å². The van der Waals surface area contributed by atoms with Crippen molar-refractivity contribution in [2.45, 2.75) is 24.5 Å². The van der Waals surface area contributed by atoms with Crippen molar-refractivity contribution in [3.05, 3.63) is 6.07 Å². The van der Waals surface area contributed by atoms with E-state index >= 15 is 0 Å². The van der Waals surface area contributed by atoms with Crippen molar-refractivity contribution in [2.75, 3.05) is 23.6 Å². The number of nitrogen functional groups attached to an aromatic ring is 1.